The van der Waals surface area contributed by atoms with Gasteiger partial charge in [-0.3, -0.25) is 4.79 Å². The Morgan fingerprint density at radius 2 is 2.35 bits per heavy atom. The van der Waals surface area contributed by atoms with Crippen LogP contribution in [0.4, 0.5) is 0 Å². The van der Waals surface area contributed by atoms with Gasteiger partial charge in [-0.15, -0.1) is 0 Å². The summed E-state index contributed by atoms with van der Waals surface area (Å²) in [5.41, 5.74) is 2.68. The Morgan fingerprint density at radius 3 is 3.00 bits per heavy atom. The van der Waals surface area contributed by atoms with Gasteiger partial charge in [0.15, 0.2) is 10.8 Å². The molecule has 0 aliphatic carbocycles. The Labute approximate surface area is 103 Å². The molecule has 0 fully saturated rings. The van der Waals surface area contributed by atoms with Crippen molar-refractivity contribution in [3.8, 4) is 0 Å². The molecule has 0 bridgehead atoms. The molecule has 0 aliphatic rings. The quantitative estimate of drug-likeness (QED) is 0.841. The van der Waals surface area contributed by atoms with Crippen LogP contribution >= 0.6 is 11.8 Å². The standard InChI is InChI=1S/C11H13N3O2S/c1-3-14-10-8(4-7(2)5-12-10)13-11(14)17-6-9(15)16/h4-5H,3,6H2,1-2H3,(H,15,16). The maximum atomic E-state index is 10.6. The van der Waals surface area contributed by atoms with E-state index in [1.165, 1.54) is 11.8 Å². The Kier molecular flexibility index (Phi) is 3.33. The van der Waals surface area contributed by atoms with Gasteiger partial charge in [0.05, 0.1) is 5.75 Å². The second-order valence-electron chi connectivity index (χ2n) is 3.68. The number of fused-ring (bicyclic) bond motifs is 1. The van der Waals surface area contributed by atoms with E-state index in [2.05, 4.69) is 9.97 Å². The van der Waals surface area contributed by atoms with E-state index in [1.54, 1.807) is 6.20 Å². The van der Waals surface area contributed by atoms with Gasteiger partial charge in [0.25, 0.3) is 0 Å². The molecule has 0 amide bonds. The molecule has 0 saturated heterocycles. The molecule has 6 heteroatoms. The lowest BCUT2D eigenvalue weighted by Gasteiger charge is -2.02. The molecule has 0 aliphatic heterocycles. The van der Waals surface area contributed by atoms with Gasteiger partial charge in [0, 0.05) is 12.7 Å². The summed E-state index contributed by atoms with van der Waals surface area (Å²) in [5, 5.41) is 9.39. The van der Waals surface area contributed by atoms with Crippen LogP contribution in [0.15, 0.2) is 17.4 Å². The molecule has 5 nitrogen and oxygen atoms in total. The molecule has 2 aromatic rings. The summed E-state index contributed by atoms with van der Waals surface area (Å²) in [7, 11) is 0. The molecule has 2 heterocycles. The first kappa shape index (κ1) is 11.9. The number of aromatic nitrogens is 3. The molecule has 0 aromatic carbocycles. The average Bonchev–Trinajstić information content (AvgIpc) is 2.62. The normalized spacial score (nSPS) is 10.9. The van der Waals surface area contributed by atoms with Crippen molar-refractivity contribution in [2.75, 3.05) is 5.75 Å². The molecule has 0 spiro atoms. The van der Waals surface area contributed by atoms with E-state index in [0.717, 1.165) is 23.3 Å². The van der Waals surface area contributed by atoms with Gasteiger partial charge < -0.3 is 9.67 Å². The zero-order valence-corrected chi connectivity index (χ0v) is 10.5. The van der Waals surface area contributed by atoms with Gasteiger partial charge >= 0.3 is 5.97 Å². The molecule has 17 heavy (non-hydrogen) atoms. The minimum absolute atomic E-state index is 0.0162. The van der Waals surface area contributed by atoms with Crippen molar-refractivity contribution in [3.05, 3.63) is 17.8 Å². The summed E-state index contributed by atoms with van der Waals surface area (Å²) >= 11 is 1.22. The number of rotatable bonds is 4. The molecule has 2 aromatic heterocycles. The number of carboxylic acids is 1. The third kappa shape index (κ3) is 2.41. The molecule has 0 radical (unpaired) electrons. The first-order valence-electron chi connectivity index (χ1n) is 5.29. The highest BCUT2D eigenvalue weighted by atomic mass is 32.2. The van der Waals surface area contributed by atoms with Crippen LogP contribution in [0.25, 0.3) is 11.2 Å². The van der Waals surface area contributed by atoms with Crippen LogP contribution < -0.4 is 0 Å². The van der Waals surface area contributed by atoms with E-state index in [9.17, 15) is 4.79 Å². The van der Waals surface area contributed by atoms with Crippen molar-refractivity contribution >= 4 is 28.9 Å². The average molecular weight is 251 g/mol. The van der Waals surface area contributed by atoms with Crippen LogP contribution in [0, 0.1) is 6.92 Å². The molecule has 90 valence electrons. The van der Waals surface area contributed by atoms with Gasteiger partial charge in [0.1, 0.15) is 5.52 Å². The highest BCUT2D eigenvalue weighted by molar-refractivity contribution is 7.99. The first-order chi connectivity index (χ1) is 8.11. The van der Waals surface area contributed by atoms with Crippen LogP contribution in [-0.2, 0) is 11.3 Å². The van der Waals surface area contributed by atoms with E-state index < -0.39 is 5.97 Å². The second-order valence-corrected chi connectivity index (χ2v) is 4.62. The Bertz CT molecular complexity index is 565. The van der Waals surface area contributed by atoms with Crippen LogP contribution in [0.2, 0.25) is 0 Å². The van der Waals surface area contributed by atoms with E-state index in [-0.39, 0.29) is 5.75 Å². The fraction of sp³-hybridized carbons (Fsp3) is 0.364. The lowest BCUT2D eigenvalue weighted by Crippen LogP contribution is -2.02. The number of nitrogens with zero attached hydrogens (tertiary/aromatic N) is 3. The fourth-order valence-corrected chi connectivity index (χ4v) is 2.40. The van der Waals surface area contributed by atoms with Crippen molar-refractivity contribution in [2.45, 2.75) is 25.5 Å². The summed E-state index contributed by atoms with van der Waals surface area (Å²) in [6, 6.07) is 1.96. The van der Waals surface area contributed by atoms with Gasteiger partial charge in [0.2, 0.25) is 0 Å². The molecule has 1 N–H and O–H groups in total. The highest BCUT2D eigenvalue weighted by Gasteiger charge is 2.12. The summed E-state index contributed by atoms with van der Waals surface area (Å²) in [6.45, 7) is 4.68. The second kappa shape index (κ2) is 4.75. The van der Waals surface area contributed by atoms with Crippen LogP contribution in [-0.4, -0.2) is 31.4 Å². The predicted molar refractivity (Wildman–Crippen MR) is 66.3 cm³/mol. The first-order valence-corrected chi connectivity index (χ1v) is 6.28. The number of hydrogen-bond acceptors (Lipinski definition) is 4. The van der Waals surface area contributed by atoms with E-state index in [4.69, 9.17) is 5.11 Å². The molecule has 0 atom stereocenters. The van der Waals surface area contributed by atoms with Gasteiger partial charge in [-0.2, -0.15) is 0 Å². The zero-order valence-electron chi connectivity index (χ0n) is 9.67. The number of hydrogen-bond donors (Lipinski definition) is 1. The number of pyridine rings is 1. The maximum absolute atomic E-state index is 10.6. The molecule has 2 rings (SSSR count). The van der Waals surface area contributed by atoms with Crippen molar-refractivity contribution in [1.29, 1.82) is 0 Å². The van der Waals surface area contributed by atoms with Crippen molar-refractivity contribution in [1.82, 2.24) is 14.5 Å². The van der Waals surface area contributed by atoms with E-state index >= 15 is 0 Å². The SMILES string of the molecule is CCn1c(SCC(=O)O)nc2cc(C)cnc21. The Morgan fingerprint density at radius 1 is 1.59 bits per heavy atom. The topological polar surface area (TPSA) is 68.0 Å². The lowest BCUT2D eigenvalue weighted by molar-refractivity contribution is -0.133. The third-order valence-electron chi connectivity index (χ3n) is 2.33. The number of aliphatic carboxylic acids is 1. The smallest absolute Gasteiger partial charge is 0.313 e. The molecular formula is C11H13N3O2S. The number of imidazole rings is 1. The maximum Gasteiger partial charge on any atom is 0.313 e. The largest absolute Gasteiger partial charge is 0.481 e. The van der Waals surface area contributed by atoms with Crippen molar-refractivity contribution in [3.63, 3.8) is 0 Å². The number of thioether (sulfide) groups is 1. The molecular weight excluding hydrogens is 238 g/mol. The lowest BCUT2D eigenvalue weighted by atomic mass is 10.3. The predicted octanol–water partition coefficient (Wildman–Crippen LogP) is 1.94. The van der Waals surface area contributed by atoms with Crippen LogP contribution in [0.3, 0.4) is 0 Å². The zero-order chi connectivity index (χ0) is 12.4. The van der Waals surface area contributed by atoms with E-state index in [0.29, 0.717) is 5.16 Å². The minimum atomic E-state index is -0.839. The third-order valence-corrected chi connectivity index (χ3v) is 3.29. The number of carbonyl (C=O) groups is 1. The van der Waals surface area contributed by atoms with Gasteiger partial charge in [-0.1, -0.05) is 11.8 Å². The number of carboxylic acid groups (broad SMARTS) is 1. The Balaban J connectivity index is 2.44. The van der Waals surface area contributed by atoms with Gasteiger partial charge in [-0.05, 0) is 25.5 Å². The summed E-state index contributed by atoms with van der Waals surface area (Å²) in [5.74, 6) is -0.823. The summed E-state index contributed by atoms with van der Waals surface area (Å²) in [6.07, 6.45) is 1.79. The Hall–Kier alpha value is -1.56. The highest BCUT2D eigenvalue weighted by Crippen LogP contribution is 2.23. The summed E-state index contributed by atoms with van der Waals surface area (Å²) < 4.78 is 1.93. The van der Waals surface area contributed by atoms with Gasteiger partial charge in [-0.25, -0.2) is 9.97 Å². The molecule has 0 unspecified atom stereocenters. The fourth-order valence-electron chi connectivity index (χ4n) is 1.61. The molecule has 0 saturated carbocycles. The summed E-state index contributed by atoms with van der Waals surface area (Å²) in [4.78, 5) is 19.3. The van der Waals surface area contributed by atoms with E-state index in [1.807, 2.05) is 24.5 Å². The number of aryl methyl sites for hydroxylation is 2. The minimum Gasteiger partial charge on any atom is -0.481 e. The van der Waals surface area contributed by atoms with Crippen molar-refractivity contribution < 1.29 is 9.90 Å². The van der Waals surface area contributed by atoms with Crippen LogP contribution in [0.5, 0.6) is 0 Å². The van der Waals surface area contributed by atoms with Crippen LogP contribution in [0.1, 0.15) is 12.5 Å². The van der Waals surface area contributed by atoms with Crippen molar-refractivity contribution in [2.24, 2.45) is 0 Å². The monoisotopic (exact) mass is 251 g/mol.